The number of thioether (sulfide) groups is 2. The Bertz CT molecular complexity index is 717. The number of hydrogen-bond donors (Lipinski definition) is 0. The van der Waals surface area contributed by atoms with Crippen LogP contribution >= 0.6 is 35.1 Å². The highest BCUT2D eigenvalue weighted by Gasteiger charge is 2.33. The average molecular weight is 354 g/mol. The minimum atomic E-state index is -0.158. The molecule has 0 amide bonds. The van der Waals surface area contributed by atoms with E-state index in [0.29, 0.717) is 23.5 Å². The van der Waals surface area contributed by atoms with Crippen LogP contribution in [0.5, 0.6) is 11.5 Å². The zero-order chi connectivity index (χ0) is 15.7. The lowest BCUT2D eigenvalue weighted by molar-refractivity contribution is 0.1000. The Hall–Kier alpha value is -1.25. The zero-order valence-corrected chi connectivity index (χ0v) is 14.7. The van der Waals surface area contributed by atoms with Gasteiger partial charge in [-0.2, -0.15) is 4.37 Å². The van der Waals surface area contributed by atoms with Gasteiger partial charge in [0.2, 0.25) is 5.16 Å². The van der Waals surface area contributed by atoms with Crippen molar-refractivity contribution in [3.05, 3.63) is 23.3 Å². The third kappa shape index (κ3) is 2.82. The second-order valence-corrected chi connectivity index (χ2v) is 7.56. The van der Waals surface area contributed by atoms with Crippen molar-refractivity contribution in [1.29, 1.82) is 0 Å². The molecule has 3 rings (SSSR count). The van der Waals surface area contributed by atoms with Gasteiger partial charge in [-0.05, 0) is 41.9 Å². The van der Waals surface area contributed by atoms with Gasteiger partial charge in [-0.15, -0.1) is 0 Å². The SMILES string of the molecule is COc1cc2c(cc1OC)C(=O)C(Sc1nc(SC)ns1)C2. The van der Waals surface area contributed by atoms with E-state index in [1.165, 1.54) is 35.1 Å². The molecule has 0 spiro atoms. The van der Waals surface area contributed by atoms with Crippen molar-refractivity contribution in [1.82, 2.24) is 9.36 Å². The van der Waals surface area contributed by atoms with Gasteiger partial charge >= 0.3 is 0 Å². The number of fused-ring (bicyclic) bond motifs is 1. The van der Waals surface area contributed by atoms with Gasteiger partial charge in [-0.25, -0.2) is 4.98 Å². The van der Waals surface area contributed by atoms with Gasteiger partial charge < -0.3 is 9.47 Å². The monoisotopic (exact) mass is 354 g/mol. The Labute approximate surface area is 141 Å². The summed E-state index contributed by atoms with van der Waals surface area (Å²) in [7, 11) is 3.17. The lowest BCUT2D eigenvalue weighted by Gasteiger charge is -2.09. The van der Waals surface area contributed by atoms with Gasteiger partial charge in [-0.3, -0.25) is 4.79 Å². The maximum Gasteiger partial charge on any atom is 0.200 e. The number of aromatic nitrogens is 2. The molecule has 116 valence electrons. The summed E-state index contributed by atoms with van der Waals surface area (Å²) < 4.78 is 15.6. The Morgan fingerprint density at radius 1 is 1.27 bits per heavy atom. The molecule has 1 heterocycles. The number of nitrogens with zero attached hydrogens (tertiary/aromatic N) is 2. The fourth-order valence-electron chi connectivity index (χ4n) is 2.33. The molecule has 8 heteroatoms. The summed E-state index contributed by atoms with van der Waals surface area (Å²) in [5.74, 6) is 1.35. The first-order valence-corrected chi connectivity index (χ1v) is 9.37. The van der Waals surface area contributed by atoms with E-state index in [0.717, 1.165) is 15.1 Å². The Morgan fingerprint density at radius 3 is 2.64 bits per heavy atom. The van der Waals surface area contributed by atoms with Crippen LogP contribution in [0.25, 0.3) is 0 Å². The highest BCUT2D eigenvalue weighted by molar-refractivity contribution is 8.02. The molecule has 5 nitrogen and oxygen atoms in total. The predicted octanol–water partition coefficient (Wildman–Crippen LogP) is 3.18. The number of ether oxygens (including phenoxy) is 2. The number of rotatable bonds is 5. The smallest absolute Gasteiger partial charge is 0.200 e. The van der Waals surface area contributed by atoms with Crippen molar-refractivity contribution >= 4 is 40.8 Å². The number of Topliss-reactive ketones (excluding diaryl/α,β-unsaturated/α-hetero) is 1. The molecule has 1 aromatic carbocycles. The van der Waals surface area contributed by atoms with Crippen LogP contribution in [0.3, 0.4) is 0 Å². The van der Waals surface area contributed by atoms with Crippen molar-refractivity contribution in [2.45, 2.75) is 21.2 Å². The Balaban J connectivity index is 1.84. The highest BCUT2D eigenvalue weighted by Crippen LogP contribution is 2.40. The van der Waals surface area contributed by atoms with E-state index in [2.05, 4.69) is 9.36 Å². The lowest BCUT2D eigenvalue weighted by atomic mass is 10.1. The molecule has 0 saturated heterocycles. The number of carbonyl (C=O) groups excluding carboxylic acids is 1. The third-order valence-corrected chi connectivity index (χ3v) is 6.03. The van der Waals surface area contributed by atoms with Crippen molar-refractivity contribution in [3.8, 4) is 11.5 Å². The molecule has 0 saturated carbocycles. The van der Waals surface area contributed by atoms with Gasteiger partial charge in [0.1, 0.15) is 0 Å². The summed E-state index contributed by atoms with van der Waals surface area (Å²) >= 11 is 4.32. The van der Waals surface area contributed by atoms with E-state index in [4.69, 9.17) is 9.47 Å². The summed E-state index contributed by atoms with van der Waals surface area (Å²) in [6.07, 6.45) is 2.61. The van der Waals surface area contributed by atoms with E-state index in [9.17, 15) is 4.79 Å². The van der Waals surface area contributed by atoms with Crippen LogP contribution in [-0.4, -0.2) is 40.9 Å². The first-order valence-electron chi connectivity index (χ1n) is 6.49. The molecule has 22 heavy (non-hydrogen) atoms. The highest BCUT2D eigenvalue weighted by atomic mass is 32.2. The topological polar surface area (TPSA) is 61.3 Å². The molecule has 1 unspecified atom stereocenters. The number of methoxy groups -OCH3 is 2. The van der Waals surface area contributed by atoms with Crippen molar-refractivity contribution in [3.63, 3.8) is 0 Å². The first kappa shape index (κ1) is 15.6. The number of hydrogen-bond acceptors (Lipinski definition) is 8. The molecule has 0 bridgehead atoms. The van der Waals surface area contributed by atoms with E-state index in [1.807, 2.05) is 12.3 Å². The maximum atomic E-state index is 12.6. The largest absolute Gasteiger partial charge is 0.493 e. The fraction of sp³-hybridized carbons (Fsp3) is 0.357. The van der Waals surface area contributed by atoms with Gasteiger partial charge in [-0.1, -0.05) is 23.5 Å². The minimum Gasteiger partial charge on any atom is -0.493 e. The fourth-order valence-corrected chi connectivity index (χ4v) is 4.87. The van der Waals surface area contributed by atoms with Crippen LogP contribution < -0.4 is 9.47 Å². The molecule has 1 atom stereocenters. The summed E-state index contributed by atoms with van der Waals surface area (Å²) in [6, 6.07) is 3.66. The van der Waals surface area contributed by atoms with Crippen LogP contribution in [0.15, 0.2) is 21.6 Å². The molecular weight excluding hydrogens is 340 g/mol. The van der Waals surface area contributed by atoms with E-state index in [-0.39, 0.29) is 11.0 Å². The van der Waals surface area contributed by atoms with Crippen molar-refractivity contribution in [2.24, 2.45) is 0 Å². The van der Waals surface area contributed by atoms with E-state index < -0.39 is 0 Å². The first-order chi connectivity index (χ1) is 10.7. The molecule has 0 fully saturated rings. The van der Waals surface area contributed by atoms with Gasteiger partial charge in [0.15, 0.2) is 21.6 Å². The summed E-state index contributed by atoms with van der Waals surface area (Å²) in [5.41, 5.74) is 1.71. The summed E-state index contributed by atoms with van der Waals surface area (Å²) in [5, 5.41) is 0.591. The molecule has 1 aliphatic rings. The Kier molecular flexibility index (Phi) is 4.60. The second kappa shape index (κ2) is 6.47. The molecule has 0 N–H and O–H groups in total. The lowest BCUT2D eigenvalue weighted by Crippen LogP contribution is -2.10. The van der Waals surface area contributed by atoms with Gasteiger partial charge in [0.25, 0.3) is 0 Å². The maximum absolute atomic E-state index is 12.6. The number of ketones is 1. The van der Waals surface area contributed by atoms with Crippen LogP contribution in [0.2, 0.25) is 0 Å². The van der Waals surface area contributed by atoms with Crippen LogP contribution in [-0.2, 0) is 6.42 Å². The predicted molar refractivity (Wildman–Crippen MR) is 88.9 cm³/mol. The summed E-state index contributed by atoms with van der Waals surface area (Å²) in [6.45, 7) is 0. The molecule has 0 radical (unpaired) electrons. The average Bonchev–Trinajstić information content (AvgIpc) is 3.11. The summed E-state index contributed by atoms with van der Waals surface area (Å²) in [4.78, 5) is 17.0. The van der Waals surface area contributed by atoms with Gasteiger partial charge in [0, 0.05) is 5.56 Å². The second-order valence-electron chi connectivity index (χ2n) is 4.59. The van der Waals surface area contributed by atoms with Crippen LogP contribution in [0, 0.1) is 0 Å². The standard InChI is InChI=1S/C14H14N2O3S3/c1-18-9-4-7-5-11(12(17)8(7)6-10(9)19-2)21-14-15-13(20-3)16-22-14/h4,6,11H,5H2,1-3H3. The van der Waals surface area contributed by atoms with Gasteiger partial charge in [0.05, 0.1) is 19.5 Å². The normalized spacial score (nSPS) is 16.7. The van der Waals surface area contributed by atoms with E-state index in [1.54, 1.807) is 20.3 Å². The van der Waals surface area contributed by atoms with Crippen molar-refractivity contribution in [2.75, 3.05) is 20.5 Å². The molecular formula is C14H14N2O3S3. The Morgan fingerprint density at radius 2 is 2.00 bits per heavy atom. The quantitative estimate of drug-likeness (QED) is 0.764. The van der Waals surface area contributed by atoms with E-state index >= 15 is 0 Å². The molecule has 1 aromatic heterocycles. The molecule has 1 aliphatic carbocycles. The van der Waals surface area contributed by atoms with Crippen LogP contribution in [0.1, 0.15) is 15.9 Å². The molecule has 0 aliphatic heterocycles. The minimum absolute atomic E-state index is 0.113. The zero-order valence-electron chi connectivity index (χ0n) is 12.3. The van der Waals surface area contributed by atoms with Crippen LogP contribution in [0.4, 0.5) is 0 Å². The molecule has 2 aromatic rings. The van der Waals surface area contributed by atoms with Crippen molar-refractivity contribution < 1.29 is 14.3 Å². The third-order valence-electron chi connectivity index (χ3n) is 3.39. The number of benzene rings is 1. The number of carbonyl (C=O) groups is 1.